The Balaban J connectivity index is 1.82. The number of hydrogen-bond acceptors (Lipinski definition) is 4. The molecule has 9 heteroatoms. The lowest BCUT2D eigenvalue weighted by atomic mass is 10.2. The summed E-state index contributed by atoms with van der Waals surface area (Å²) in [5.41, 5.74) is -0.687. The molecule has 0 bridgehead atoms. The molecule has 27 heavy (non-hydrogen) atoms. The highest BCUT2D eigenvalue weighted by atomic mass is 35.5. The van der Waals surface area contributed by atoms with Crippen molar-refractivity contribution in [3.05, 3.63) is 59.1 Å². The molecular formula is C18H15ClF3NO4. The van der Waals surface area contributed by atoms with Crippen LogP contribution in [0.2, 0.25) is 5.02 Å². The number of nitrogens with one attached hydrogen (secondary N) is 1. The summed E-state index contributed by atoms with van der Waals surface area (Å²) in [6.07, 6.45) is -5.62. The summed E-state index contributed by atoms with van der Waals surface area (Å²) in [5.74, 6) is -1.06. The fourth-order valence-electron chi connectivity index (χ4n) is 1.94. The quantitative estimate of drug-likeness (QED) is 0.733. The third-order valence-electron chi connectivity index (χ3n) is 3.33. The van der Waals surface area contributed by atoms with Crippen molar-refractivity contribution in [3.8, 4) is 5.75 Å². The third kappa shape index (κ3) is 6.49. The standard InChI is InChI=1S/C18H15ClF3NO4/c1-11(27-16(24)10-26-15-8-4-13(19)5-9-15)17(25)23-14-6-2-12(3-7-14)18(20,21)22/h2-9,11H,10H2,1H3,(H,23,25)/t11-/m1/s1. The van der Waals surface area contributed by atoms with Gasteiger partial charge in [0.25, 0.3) is 5.91 Å². The van der Waals surface area contributed by atoms with E-state index in [2.05, 4.69) is 5.32 Å². The van der Waals surface area contributed by atoms with Gasteiger partial charge in [0, 0.05) is 10.7 Å². The number of esters is 1. The van der Waals surface area contributed by atoms with Gasteiger partial charge in [-0.1, -0.05) is 11.6 Å². The summed E-state index contributed by atoms with van der Waals surface area (Å²) in [6, 6.07) is 10.2. The highest BCUT2D eigenvalue weighted by molar-refractivity contribution is 6.30. The Morgan fingerprint density at radius 3 is 2.22 bits per heavy atom. The van der Waals surface area contributed by atoms with Crippen molar-refractivity contribution in [3.63, 3.8) is 0 Å². The highest BCUT2D eigenvalue weighted by Gasteiger charge is 2.30. The molecule has 144 valence electrons. The molecule has 0 heterocycles. The van der Waals surface area contributed by atoms with Crippen molar-refractivity contribution in [1.29, 1.82) is 0 Å². The fraction of sp³-hybridized carbons (Fsp3) is 0.222. The van der Waals surface area contributed by atoms with Gasteiger partial charge in [0.15, 0.2) is 12.7 Å². The number of benzene rings is 2. The molecule has 0 aliphatic rings. The Morgan fingerprint density at radius 1 is 1.07 bits per heavy atom. The largest absolute Gasteiger partial charge is 0.482 e. The van der Waals surface area contributed by atoms with Crippen LogP contribution in [-0.2, 0) is 20.5 Å². The molecular weight excluding hydrogens is 387 g/mol. The van der Waals surface area contributed by atoms with Crippen LogP contribution < -0.4 is 10.1 Å². The molecule has 0 saturated carbocycles. The van der Waals surface area contributed by atoms with E-state index in [-0.39, 0.29) is 5.69 Å². The maximum Gasteiger partial charge on any atom is 0.416 e. The van der Waals surface area contributed by atoms with E-state index in [1.165, 1.54) is 6.92 Å². The Labute approximate surface area is 158 Å². The second-order valence-corrected chi connectivity index (χ2v) is 5.88. The summed E-state index contributed by atoms with van der Waals surface area (Å²) in [5, 5.41) is 2.88. The molecule has 0 aromatic heterocycles. The summed E-state index contributed by atoms with van der Waals surface area (Å²) >= 11 is 5.73. The van der Waals surface area contributed by atoms with Crippen LogP contribution in [0.25, 0.3) is 0 Å². The lowest BCUT2D eigenvalue weighted by molar-refractivity contribution is -0.155. The number of amides is 1. The van der Waals surface area contributed by atoms with Gasteiger partial charge in [0.1, 0.15) is 5.75 Å². The summed E-state index contributed by atoms with van der Waals surface area (Å²) in [4.78, 5) is 23.7. The Hall–Kier alpha value is -2.74. The second kappa shape index (κ2) is 8.77. The minimum absolute atomic E-state index is 0.147. The number of rotatable bonds is 6. The fourth-order valence-corrected chi connectivity index (χ4v) is 2.07. The van der Waals surface area contributed by atoms with Crippen LogP contribution in [0, 0.1) is 0 Å². The topological polar surface area (TPSA) is 64.6 Å². The Morgan fingerprint density at radius 2 is 1.67 bits per heavy atom. The molecule has 0 saturated heterocycles. The lowest BCUT2D eigenvalue weighted by Gasteiger charge is -2.14. The third-order valence-corrected chi connectivity index (χ3v) is 3.58. The zero-order valence-electron chi connectivity index (χ0n) is 14.0. The maximum absolute atomic E-state index is 12.5. The average Bonchev–Trinajstić information content (AvgIpc) is 2.61. The van der Waals surface area contributed by atoms with Crippen molar-refractivity contribution in [2.24, 2.45) is 0 Å². The molecule has 0 aliphatic carbocycles. The van der Waals surface area contributed by atoms with Crippen LogP contribution in [0.4, 0.5) is 18.9 Å². The van der Waals surface area contributed by atoms with E-state index in [1.54, 1.807) is 24.3 Å². The summed E-state index contributed by atoms with van der Waals surface area (Å²) < 4.78 is 47.6. The van der Waals surface area contributed by atoms with E-state index in [1.807, 2.05) is 0 Å². The van der Waals surface area contributed by atoms with Crippen LogP contribution in [0.15, 0.2) is 48.5 Å². The maximum atomic E-state index is 12.5. The Kier molecular flexibility index (Phi) is 6.68. The van der Waals surface area contributed by atoms with Gasteiger partial charge < -0.3 is 14.8 Å². The highest BCUT2D eigenvalue weighted by Crippen LogP contribution is 2.29. The molecule has 0 unspecified atom stereocenters. The molecule has 0 radical (unpaired) electrons. The molecule has 0 aliphatic heterocycles. The first kappa shape index (κ1) is 20.6. The second-order valence-electron chi connectivity index (χ2n) is 5.44. The average molecular weight is 402 g/mol. The van der Waals surface area contributed by atoms with Gasteiger partial charge in [-0.05, 0) is 55.5 Å². The van der Waals surface area contributed by atoms with Gasteiger partial charge in [-0.15, -0.1) is 0 Å². The number of ether oxygens (including phenoxy) is 2. The summed E-state index contributed by atoms with van der Waals surface area (Å²) in [7, 11) is 0. The van der Waals surface area contributed by atoms with Crippen molar-refractivity contribution in [1.82, 2.24) is 0 Å². The van der Waals surface area contributed by atoms with E-state index < -0.39 is 36.3 Å². The Bertz CT molecular complexity index is 792. The summed E-state index contributed by atoms with van der Waals surface area (Å²) in [6.45, 7) is 0.916. The molecule has 0 spiro atoms. The van der Waals surface area contributed by atoms with Gasteiger partial charge in [-0.25, -0.2) is 4.79 Å². The molecule has 2 aromatic rings. The van der Waals surface area contributed by atoms with Crippen molar-refractivity contribution in [2.75, 3.05) is 11.9 Å². The van der Waals surface area contributed by atoms with E-state index in [0.29, 0.717) is 10.8 Å². The predicted octanol–water partition coefficient (Wildman–Crippen LogP) is 4.31. The van der Waals surface area contributed by atoms with Crippen LogP contribution in [-0.4, -0.2) is 24.6 Å². The van der Waals surface area contributed by atoms with Gasteiger partial charge in [-0.2, -0.15) is 13.2 Å². The first-order chi connectivity index (χ1) is 12.6. The number of halogens is 4. The molecule has 5 nitrogen and oxygen atoms in total. The monoisotopic (exact) mass is 401 g/mol. The molecule has 1 N–H and O–H groups in total. The number of carbonyl (C=O) groups excluding carboxylic acids is 2. The van der Waals surface area contributed by atoms with E-state index >= 15 is 0 Å². The smallest absolute Gasteiger partial charge is 0.416 e. The van der Waals surface area contributed by atoms with E-state index in [9.17, 15) is 22.8 Å². The van der Waals surface area contributed by atoms with Gasteiger partial charge in [-0.3, -0.25) is 4.79 Å². The minimum atomic E-state index is -4.46. The van der Waals surface area contributed by atoms with Crippen molar-refractivity contribution in [2.45, 2.75) is 19.2 Å². The van der Waals surface area contributed by atoms with Crippen LogP contribution >= 0.6 is 11.6 Å². The van der Waals surface area contributed by atoms with Crippen LogP contribution in [0.1, 0.15) is 12.5 Å². The normalized spacial score (nSPS) is 12.2. The first-order valence-corrected chi connectivity index (χ1v) is 8.09. The van der Waals surface area contributed by atoms with Crippen molar-refractivity contribution < 1.29 is 32.2 Å². The van der Waals surface area contributed by atoms with Crippen molar-refractivity contribution >= 4 is 29.2 Å². The SMILES string of the molecule is C[C@@H](OC(=O)COc1ccc(Cl)cc1)C(=O)Nc1ccc(C(F)(F)F)cc1. The van der Waals surface area contributed by atoms with E-state index in [0.717, 1.165) is 24.3 Å². The van der Waals surface area contributed by atoms with Gasteiger partial charge in [0.2, 0.25) is 0 Å². The molecule has 0 fully saturated rings. The number of carbonyl (C=O) groups is 2. The molecule has 1 amide bonds. The molecule has 2 rings (SSSR count). The van der Waals surface area contributed by atoms with E-state index in [4.69, 9.17) is 21.1 Å². The molecule has 1 atom stereocenters. The number of anilines is 1. The van der Waals surface area contributed by atoms with Crippen LogP contribution in [0.3, 0.4) is 0 Å². The zero-order chi connectivity index (χ0) is 20.0. The zero-order valence-corrected chi connectivity index (χ0v) is 14.8. The van der Waals surface area contributed by atoms with Gasteiger partial charge in [0.05, 0.1) is 5.56 Å². The number of alkyl halides is 3. The predicted molar refractivity (Wildman–Crippen MR) is 92.6 cm³/mol. The number of hydrogen-bond donors (Lipinski definition) is 1. The van der Waals surface area contributed by atoms with Crippen LogP contribution in [0.5, 0.6) is 5.75 Å². The lowest BCUT2D eigenvalue weighted by Crippen LogP contribution is -2.31. The molecule has 2 aromatic carbocycles. The van der Waals surface area contributed by atoms with Gasteiger partial charge >= 0.3 is 12.1 Å². The first-order valence-electron chi connectivity index (χ1n) is 7.71. The minimum Gasteiger partial charge on any atom is -0.482 e.